The number of benzene rings is 1. The van der Waals surface area contributed by atoms with E-state index < -0.39 is 11.7 Å². The summed E-state index contributed by atoms with van der Waals surface area (Å²) in [7, 11) is 0. The number of nitrogens with one attached hydrogen (secondary N) is 3. The van der Waals surface area contributed by atoms with Crippen molar-refractivity contribution in [2.45, 2.75) is 18.8 Å². The van der Waals surface area contributed by atoms with Crippen molar-refractivity contribution in [3.05, 3.63) is 35.4 Å². The summed E-state index contributed by atoms with van der Waals surface area (Å²) in [6.07, 6.45) is 0.463. The Morgan fingerprint density at radius 2 is 2.30 bits per heavy atom. The molecule has 2 heterocycles. The molecule has 0 spiro atoms. The van der Waals surface area contributed by atoms with Gasteiger partial charge in [-0.05, 0) is 17.7 Å². The van der Waals surface area contributed by atoms with Crippen LogP contribution in [0.25, 0.3) is 0 Å². The number of carbonyl (C=O) groups is 2. The maximum Gasteiger partial charge on any atom is 0.239 e. The first-order valence-corrected chi connectivity index (χ1v) is 7.06. The van der Waals surface area contributed by atoms with Crippen LogP contribution in [0.1, 0.15) is 23.7 Å². The predicted molar refractivity (Wildman–Crippen MR) is 79.9 cm³/mol. The van der Waals surface area contributed by atoms with Gasteiger partial charge >= 0.3 is 0 Å². The molecule has 0 unspecified atom stereocenters. The Hall–Kier alpha value is -2.97. The molecule has 0 aliphatic carbocycles. The molecule has 0 bridgehead atoms. The summed E-state index contributed by atoms with van der Waals surface area (Å²) < 4.78 is 13.3. The number of H-pyrrole nitrogens is 1. The van der Waals surface area contributed by atoms with E-state index in [1.807, 2.05) is 0 Å². The fourth-order valence-electron chi connectivity index (χ4n) is 2.52. The number of aromatic amines is 1. The lowest BCUT2D eigenvalue weighted by Crippen LogP contribution is -2.36. The molecule has 9 heteroatoms. The lowest BCUT2D eigenvalue weighted by molar-refractivity contribution is -0.126. The van der Waals surface area contributed by atoms with Crippen molar-refractivity contribution in [2.75, 3.05) is 17.6 Å². The smallest absolute Gasteiger partial charge is 0.239 e. The number of rotatable bonds is 4. The van der Waals surface area contributed by atoms with Gasteiger partial charge in [-0.15, -0.1) is 5.10 Å². The molecule has 0 saturated heterocycles. The Balaban J connectivity index is 1.66. The van der Waals surface area contributed by atoms with Gasteiger partial charge in [0.15, 0.2) is 0 Å². The molecule has 23 heavy (non-hydrogen) atoms. The second-order valence-corrected chi connectivity index (χ2v) is 5.22. The molecule has 1 aliphatic heterocycles. The molecule has 120 valence electrons. The number of aromatic nitrogens is 3. The van der Waals surface area contributed by atoms with Crippen molar-refractivity contribution < 1.29 is 14.0 Å². The number of anilines is 2. The first kappa shape index (κ1) is 14.9. The van der Waals surface area contributed by atoms with Gasteiger partial charge in [0, 0.05) is 25.1 Å². The zero-order valence-electron chi connectivity index (χ0n) is 12.1. The standard InChI is InChI=1S/C14H15FN6O2/c15-7-1-2-8-9(6-12(22)18-10(8)5-7)13(23)17-4-3-11-19-14(16)21-20-11/h1-2,5,9H,3-4,6H2,(H,17,23)(H,18,22)(H3,16,19,20,21)/t9-/m1/s1. The first-order chi connectivity index (χ1) is 11.0. The number of carbonyl (C=O) groups excluding carboxylic acids is 2. The second kappa shape index (κ2) is 6.03. The van der Waals surface area contributed by atoms with E-state index in [0.717, 1.165) is 0 Å². The highest BCUT2D eigenvalue weighted by Crippen LogP contribution is 2.32. The fourth-order valence-corrected chi connectivity index (χ4v) is 2.52. The number of nitrogens with zero attached hydrogens (tertiary/aromatic N) is 2. The van der Waals surface area contributed by atoms with Gasteiger partial charge in [-0.3, -0.25) is 14.7 Å². The molecule has 1 atom stereocenters. The molecular weight excluding hydrogens is 303 g/mol. The molecule has 1 aromatic heterocycles. The molecule has 2 aromatic rings. The summed E-state index contributed by atoms with van der Waals surface area (Å²) in [5.74, 6) is -1.00. The molecule has 0 fully saturated rings. The maximum atomic E-state index is 13.3. The number of fused-ring (bicyclic) bond motifs is 1. The highest BCUT2D eigenvalue weighted by Gasteiger charge is 2.30. The van der Waals surface area contributed by atoms with E-state index in [-0.39, 0.29) is 24.2 Å². The van der Waals surface area contributed by atoms with Crippen LogP contribution in [0.15, 0.2) is 18.2 Å². The summed E-state index contributed by atoms with van der Waals surface area (Å²) in [6, 6.07) is 4.00. The number of hydrogen-bond donors (Lipinski definition) is 4. The summed E-state index contributed by atoms with van der Waals surface area (Å²) in [5, 5.41) is 11.7. The second-order valence-electron chi connectivity index (χ2n) is 5.22. The number of amides is 2. The predicted octanol–water partition coefficient (Wildman–Crippen LogP) is 0.311. The fraction of sp³-hybridized carbons (Fsp3) is 0.286. The largest absolute Gasteiger partial charge is 0.367 e. The summed E-state index contributed by atoms with van der Waals surface area (Å²) >= 11 is 0. The van der Waals surface area contributed by atoms with Crippen LogP contribution in [-0.2, 0) is 16.0 Å². The zero-order chi connectivity index (χ0) is 16.4. The quantitative estimate of drug-likeness (QED) is 0.645. The van der Waals surface area contributed by atoms with Crippen LogP contribution in [0.4, 0.5) is 16.0 Å². The number of nitrogens with two attached hydrogens (primary N) is 1. The SMILES string of the molecule is Nc1n[nH]c(CCNC(=O)[C@@H]2CC(=O)Nc3cc(F)ccc32)n1. The molecule has 0 radical (unpaired) electrons. The Morgan fingerprint density at radius 3 is 3.04 bits per heavy atom. The van der Waals surface area contributed by atoms with Gasteiger partial charge < -0.3 is 16.4 Å². The summed E-state index contributed by atoms with van der Waals surface area (Å²) in [6.45, 7) is 0.322. The molecule has 1 aromatic carbocycles. The minimum absolute atomic E-state index is 0.0275. The van der Waals surface area contributed by atoms with Crippen molar-refractivity contribution in [3.8, 4) is 0 Å². The summed E-state index contributed by atoms with van der Waals surface area (Å²) in [4.78, 5) is 28.0. The lowest BCUT2D eigenvalue weighted by atomic mass is 9.89. The maximum absolute atomic E-state index is 13.3. The average Bonchev–Trinajstić information content (AvgIpc) is 2.91. The third-order valence-electron chi connectivity index (χ3n) is 3.58. The third kappa shape index (κ3) is 3.28. The first-order valence-electron chi connectivity index (χ1n) is 7.06. The minimum Gasteiger partial charge on any atom is -0.367 e. The average molecular weight is 318 g/mol. The molecule has 5 N–H and O–H groups in total. The van der Waals surface area contributed by atoms with E-state index in [1.165, 1.54) is 18.2 Å². The Bertz CT molecular complexity index is 759. The van der Waals surface area contributed by atoms with Crippen LogP contribution in [0.2, 0.25) is 0 Å². The van der Waals surface area contributed by atoms with Crippen LogP contribution in [0, 0.1) is 5.82 Å². The van der Waals surface area contributed by atoms with Crippen molar-refractivity contribution in [1.29, 1.82) is 0 Å². The van der Waals surface area contributed by atoms with Gasteiger partial charge in [0.25, 0.3) is 0 Å². The van der Waals surface area contributed by atoms with Crippen molar-refractivity contribution >= 4 is 23.5 Å². The van der Waals surface area contributed by atoms with Crippen molar-refractivity contribution in [2.24, 2.45) is 0 Å². The van der Waals surface area contributed by atoms with Gasteiger partial charge in [-0.25, -0.2) is 4.39 Å². The van der Waals surface area contributed by atoms with E-state index in [4.69, 9.17) is 5.73 Å². The Kier molecular flexibility index (Phi) is 3.92. The van der Waals surface area contributed by atoms with E-state index >= 15 is 0 Å². The number of hydrogen-bond acceptors (Lipinski definition) is 5. The third-order valence-corrected chi connectivity index (χ3v) is 3.58. The van der Waals surface area contributed by atoms with Crippen LogP contribution in [0.3, 0.4) is 0 Å². The Morgan fingerprint density at radius 1 is 1.48 bits per heavy atom. The monoisotopic (exact) mass is 318 g/mol. The molecule has 8 nitrogen and oxygen atoms in total. The van der Waals surface area contributed by atoms with Crippen molar-refractivity contribution in [1.82, 2.24) is 20.5 Å². The van der Waals surface area contributed by atoms with E-state index in [2.05, 4.69) is 25.8 Å². The van der Waals surface area contributed by atoms with Gasteiger partial charge in [-0.1, -0.05) is 6.07 Å². The highest BCUT2D eigenvalue weighted by molar-refractivity contribution is 6.01. The highest BCUT2D eigenvalue weighted by atomic mass is 19.1. The topological polar surface area (TPSA) is 126 Å². The molecule has 2 amide bonds. The molecule has 3 rings (SSSR count). The molecule has 1 aliphatic rings. The zero-order valence-corrected chi connectivity index (χ0v) is 12.1. The summed E-state index contributed by atoms with van der Waals surface area (Å²) in [5.41, 5.74) is 6.33. The minimum atomic E-state index is -0.640. The molecule has 0 saturated carbocycles. The Labute approximate surface area is 130 Å². The molecular formula is C14H15FN6O2. The normalized spacial score (nSPS) is 16.6. The van der Waals surface area contributed by atoms with Crippen LogP contribution < -0.4 is 16.4 Å². The van der Waals surface area contributed by atoms with Gasteiger partial charge in [0.2, 0.25) is 17.8 Å². The van der Waals surface area contributed by atoms with Gasteiger partial charge in [0.05, 0.1) is 5.92 Å². The van der Waals surface area contributed by atoms with E-state index in [1.54, 1.807) is 0 Å². The lowest BCUT2D eigenvalue weighted by Gasteiger charge is -2.24. The van der Waals surface area contributed by atoms with Crippen LogP contribution in [0.5, 0.6) is 0 Å². The van der Waals surface area contributed by atoms with Gasteiger partial charge in [0.1, 0.15) is 11.6 Å². The van der Waals surface area contributed by atoms with E-state index in [0.29, 0.717) is 30.0 Å². The van der Waals surface area contributed by atoms with E-state index in [9.17, 15) is 14.0 Å². The number of nitrogen functional groups attached to an aromatic ring is 1. The number of halogens is 1. The van der Waals surface area contributed by atoms with Crippen LogP contribution in [-0.4, -0.2) is 33.5 Å². The van der Waals surface area contributed by atoms with Crippen molar-refractivity contribution in [3.63, 3.8) is 0 Å². The van der Waals surface area contributed by atoms with Crippen LogP contribution >= 0.6 is 0 Å². The van der Waals surface area contributed by atoms with Gasteiger partial charge in [-0.2, -0.15) is 4.98 Å².